The maximum Gasteiger partial charge on any atom is 0.306 e. The van der Waals surface area contributed by atoms with Gasteiger partial charge in [-0.2, -0.15) is 0 Å². The topological polar surface area (TPSA) is 94.9 Å². The predicted molar refractivity (Wildman–Crippen MR) is 90.3 cm³/mol. The molecule has 0 saturated heterocycles. The van der Waals surface area contributed by atoms with Gasteiger partial charge in [0.25, 0.3) is 0 Å². The highest BCUT2D eigenvalue weighted by atomic mass is 16.6. The van der Waals surface area contributed by atoms with Crippen LogP contribution in [0.2, 0.25) is 0 Å². The third-order valence-corrected chi connectivity index (χ3v) is 3.00. The Bertz CT molecular complexity index is 359. The van der Waals surface area contributed by atoms with Crippen LogP contribution >= 0.6 is 0 Å². The van der Waals surface area contributed by atoms with Crippen molar-refractivity contribution in [1.29, 1.82) is 5.41 Å². The fourth-order valence-corrected chi connectivity index (χ4v) is 1.65. The van der Waals surface area contributed by atoms with Crippen LogP contribution in [-0.2, 0) is 28.5 Å². The van der Waals surface area contributed by atoms with E-state index in [4.69, 9.17) is 24.4 Å². The smallest absolute Gasteiger partial charge is 0.306 e. The zero-order valence-corrected chi connectivity index (χ0v) is 14.9. The number of hydrogen-bond acceptors (Lipinski definition) is 7. The molecule has 7 nitrogen and oxygen atoms in total. The summed E-state index contributed by atoms with van der Waals surface area (Å²) in [5.41, 5.74) is 0.471. The van der Waals surface area contributed by atoms with Gasteiger partial charge in [0.2, 0.25) is 0 Å². The van der Waals surface area contributed by atoms with E-state index in [-0.39, 0.29) is 31.6 Å². The molecule has 24 heavy (non-hydrogen) atoms. The minimum absolute atomic E-state index is 0.172. The minimum atomic E-state index is -0.304. The summed E-state index contributed by atoms with van der Waals surface area (Å²) in [4.78, 5) is 22.5. The Morgan fingerprint density at radius 2 is 1.29 bits per heavy atom. The maximum absolute atomic E-state index is 11.3. The molecule has 0 aliphatic rings. The molecule has 0 saturated carbocycles. The van der Waals surface area contributed by atoms with E-state index in [9.17, 15) is 9.59 Å². The Morgan fingerprint density at radius 1 is 0.750 bits per heavy atom. The van der Waals surface area contributed by atoms with E-state index in [1.807, 2.05) is 6.92 Å². The number of ether oxygens (including phenoxy) is 4. The largest absolute Gasteiger partial charge is 0.463 e. The Hall–Kier alpha value is -1.47. The maximum atomic E-state index is 11.3. The van der Waals surface area contributed by atoms with Gasteiger partial charge in [0.1, 0.15) is 13.2 Å². The van der Waals surface area contributed by atoms with Crippen molar-refractivity contribution >= 4 is 17.7 Å². The van der Waals surface area contributed by atoms with Crippen molar-refractivity contribution in [2.24, 2.45) is 0 Å². The van der Waals surface area contributed by atoms with E-state index in [1.165, 1.54) is 0 Å². The summed E-state index contributed by atoms with van der Waals surface area (Å²) in [6.07, 6.45) is 3.71. The molecule has 140 valence electrons. The van der Waals surface area contributed by atoms with E-state index in [1.54, 1.807) is 6.92 Å². The van der Waals surface area contributed by atoms with E-state index >= 15 is 0 Å². The quantitative estimate of drug-likeness (QED) is 0.262. The summed E-state index contributed by atoms with van der Waals surface area (Å²) in [5.74, 6) is -0.476. The van der Waals surface area contributed by atoms with Crippen LogP contribution in [0.15, 0.2) is 0 Å². The highest BCUT2D eigenvalue weighted by Gasteiger charge is 2.03. The molecule has 0 aromatic carbocycles. The molecular formula is C17H31NO6. The third-order valence-electron chi connectivity index (χ3n) is 3.00. The van der Waals surface area contributed by atoms with Gasteiger partial charge < -0.3 is 24.4 Å². The van der Waals surface area contributed by atoms with Gasteiger partial charge in [-0.15, -0.1) is 0 Å². The Morgan fingerprint density at radius 3 is 1.79 bits per heavy atom. The lowest BCUT2D eigenvalue weighted by atomic mass is 10.2. The van der Waals surface area contributed by atoms with Gasteiger partial charge in [0.15, 0.2) is 0 Å². The van der Waals surface area contributed by atoms with Crippen LogP contribution in [0.25, 0.3) is 0 Å². The van der Waals surface area contributed by atoms with Crippen molar-refractivity contribution in [2.45, 2.75) is 52.4 Å². The van der Waals surface area contributed by atoms with E-state index in [0.717, 1.165) is 19.3 Å². The van der Waals surface area contributed by atoms with Crippen LogP contribution in [0, 0.1) is 5.41 Å². The molecule has 0 aliphatic heterocycles. The van der Waals surface area contributed by atoms with Crippen molar-refractivity contribution in [3.63, 3.8) is 0 Å². The number of esters is 2. The molecule has 7 heteroatoms. The van der Waals surface area contributed by atoms with Crippen molar-refractivity contribution in [1.82, 2.24) is 0 Å². The van der Waals surface area contributed by atoms with Crippen molar-refractivity contribution in [3.8, 4) is 0 Å². The van der Waals surface area contributed by atoms with Gasteiger partial charge in [-0.1, -0.05) is 13.3 Å². The number of hydrogen-bond donors (Lipinski definition) is 1. The average molecular weight is 345 g/mol. The van der Waals surface area contributed by atoms with Gasteiger partial charge >= 0.3 is 11.9 Å². The van der Waals surface area contributed by atoms with Gasteiger partial charge in [-0.05, 0) is 26.2 Å². The lowest BCUT2D eigenvalue weighted by Gasteiger charge is -2.07. The van der Waals surface area contributed by atoms with Gasteiger partial charge in [0, 0.05) is 25.3 Å². The standard InChI is InChI=1S/C17H31NO6/c1-3-4-6-16(19)23-13-11-21-9-5-10-22-12-14-24-17(20)8-7-15(2)18/h18H,3-14H2,1-2H3. The first-order valence-corrected chi connectivity index (χ1v) is 8.57. The van der Waals surface area contributed by atoms with Crippen LogP contribution in [0.1, 0.15) is 52.4 Å². The fraction of sp³-hybridized carbons (Fsp3) is 0.824. The molecule has 0 bridgehead atoms. The SMILES string of the molecule is CCCCC(=O)OCCOCCCOCCOC(=O)CCC(C)=N. The summed E-state index contributed by atoms with van der Waals surface area (Å²) >= 11 is 0. The highest BCUT2D eigenvalue weighted by Crippen LogP contribution is 1.97. The fourth-order valence-electron chi connectivity index (χ4n) is 1.65. The molecule has 0 aromatic heterocycles. The minimum Gasteiger partial charge on any atom is -0.463 e. The van der Waals surface area contributed by atoms with E-state index in [0.29, 0.717) is 45.0 Å². The second-order valence-electron chi connectivity index (χ2n) is 5.40. The zero-order chi connectivity index (χ0) is 18.0. The van der Waals surface area contributed by atoms with Crippen LogP contribution < -0.4 is 0 Å². The van der Waals surface area contributed by atoms with Crippen LogP contribution in [0.4, 0.5) is 0 Å². The lowest BCUT2D eigenvalue weighted by Crippen LogP contribution is -2.13. The number of rotatable bonds is 16. The molecule has 0 aliphatic carbocycles. The number of nitrogens with one attached hydrogen (secondary N) is 1. The molecule has 0 radical (unpaired) electrons. The van der Waals surface area contributed by atoms with Gasteiger partial charge in [0.05, 0.1) is 19.6 Å². The van der Waals surface area contributed by atoms with E-state index in [2.05, 4.69) is 0 Å². The molecule has 0 atom stereocenters. The Labute approximate surface area is 144 Å². The van der Waals surface area contributed by atoms with Crippen molar-refractivity contribution in [3.05, 3.63) is 0 Å². The molecule has 0 fully saturated rings. The number of unbranched alkanes of at least 4 members (excludes halogenated alkanes) is 1. The zero-order valence-electron chi connectivity index (χ0n) is 14.9. The predicted octanol–water partition coefficient (Wildman–Crippen LogP) is 2.51. The molecule has 0 amide bonds. The summed E-state index contributed by atoms with van der Waals surface area (Å²) in [6, 6.07) is 0. The normalized spacial score (nSPS) is 10.4. The van der Waals surface area contributed by atoms with Gasteiger partial charge in [-0.25, -0.2) is 0 Å². The average Bonchev–Trinajstić information content (AvgIpc) is 2.55. The number of carbonyl (C=O) groups excluding carboxylic acids is 2. The lowest BCUT2D eigenvalue weighted by molar-refractivity contribution is -0.145. The Kier molecular flexibility index (Phi) is 15.4. The first-order valence-electron chi connectivity index (χ1n) is 8.57. The molecular weight excluding hydrogens is 314 g/mol. The summed E-state index contributed by atoms with van der Waals surface area (Å²) in [6.45, 7) is 6.00. The van der Waals surface area contributed by atoms with Crippen LogP contribution in [0.3, 0.4) is 0 Å². The number of carbonyl (C=O) groups is 2. The Balaban J connectivity index is 3.21. The van der Waals surface area contributed by atoms with Gasteiger partial charge in [-0.3, -0.25) is 9.59 Å². The summed E-state index contributed by atoms with van der Waals surface area (Å²) in [7, 11) is 0. The third kappa shape index (κ3) is 16.9. The molecule has 0 unspecified atom stereocenters. The monoisotopic (exact) mass is 345 g/mol. The van der Waals surface area contributed by atoms with Crippen LogP contribution in [-0.4, -0.2) is 57.3 Å². The molecule has 0 aromatic rings. The second kappa shape index (κ2) is 16.4. The first-order chi connectivity index (χ1) is 11.6. The highest BCUT2D eigenvalue weighted by molar-refractivity contribution is 5.82. The second-order valence-corrected chi connectivity index (χ2v) is 5.40. The van der Waals surface area contributed by atoms with Crippen molar-refractivity contribution in [2.75, 3.05) is 39.6 Å². The molecule has 0 spiro atoms. The summed E-state index contributed by atoms with van der Waals surface area (Å²) < 4.78 is 20.6. The molecule has 0 rings (SSSR count). The molecule has 0 heterocycles. The summed E-state index contributed by atoms with van der Waals surface area (Å²) in [5, 5.41) is 7.22. The van der Waals surface area contributed by atoms with Crippen molar-refractivity contribution < 1.29 is 28.5 Å². The van der Waals surface area contributed by atoms with Crippen LogP contribution in [0.5, 0.6) is 0 Å². The first kappa shape index (κ1) is 22.5. The van der Waals surface area contributed by atoms with E-state index < -0.39 is 0 Å². The molecule has 1 N–H and O–H groups in total.